The minimum atomic E-state index is 0.243. The van der Waals surface area contributed by atoms with Crippen LogP contribution in [0.3, 0.4) is 0 Å². The minimum absolute atomic E-state index is 0.243. The Kier molecular flexibility index (Phi) is 1.47. The van der Waals surface area contributed by atoms with Crippen LogP contribution in [0.5, 0.6) is 5.75 Å². The first-order valence-corrected chi connectivity index (χ1v) is 4.21. The number of fused-ring (bicyclic) bond motifs is 1. The summed E-state index contributed by atoms with van der Waals surface area (Å²) in [7, 11) is 0. The van der Waals surface area contributed by atoms with Crippen LogP contribution in [-0.4, -0.2) is 10.1 Å². The Morgan fingerprint density at radius 1 is 1.45 bits per heavy atom. The molecule has 11 heavy (non-hydrogen) atoms. The fraction of sp³-hybridized carbons (Fsp3) is 0. The monoisotopic (exact) mass is 185 g/mol. The van der Waals surface area contributed by atoms with E-state index in [1.54, 1.807) is 12.1 Å². The van der Waals surface area contributed by atoms with Crippen molar-refractivity contribution in [3.63, 3.8) is 0 Å². The average Bonchev–Trinajstić information content (AvgIpc) is 2.31. The van der Waals surface area contributed by atoms with Crippen LogP contribution in [0.4, 0.5) is 0 Å². The SMILES string of the molecule is Oc1cccc2nc(Cl)sc12. The Balaban J connectivity index is 2.90. The molecule has 2 rings (SSSR count). The van der Waals surface area contributed by atoms with Crippen molar-refractivity contribution in [2.24, 2.45) is 0 Å². The second-order valence-electron chi connectivity index (χ2n) is 2.09. The van der Waals surface area contributed by atoms with Crippen molar-refractivity contribution in [3.8, 4) is 5.75 Å². The van der Waals surface area contributed by atoms with E-state index in [0.717, 1.165) is 10.2 Å². The van der Waals surface area contributed by atoms with E-state index in [2.05, 4.69) is 4.98 Å². The van der Waals surface area contributed by atoms with Gasteiger partial charge >= 0.3 is 0 Å². The van der Waals surface area contributed by atoms with E-state index in [1.165, 1.54) is 11.3 Å². The Bertz CT molecular complexity index is 398. The quantitative estimate of drug-likeness (QED) is 0.685. The number of hydrogen-bond donors (Lipinski definition) is 1. The Morgan fingerprint density at radius 2 is 2.27 bits per heavy atom. The zero-order valence-electron chi connectivity index (χ0n) is 5.41. The third-order valence-corrected chi connectivity index (χ3v) is 2.57. The Morgan fingerprint density at radius 3 is 3.00 bits per heavy atom. The number of phenols is 1. The number of nitrogens with zero attached hydrogens (tertiary/aromatic N) is 1. The molecule has 0 aliphatic carbocycles. The van der Waals surface area contributed by atoms with Gasteiger partial charge in [0.1, 0.15) is 5.75 Å². The van der Waals surface area contributed by atoms with Crippen LogP contribution in [0.1, 0.15) is 0 Å². The van der Waals surface area contributed by atoms with Crippen LogP contribution in [-0.2, 0) is 0 Å². The first-order chi connectivity index (χ1) is 5.27. The summed E-state index contributed by atoms with van der Waals surface area (Å²) in [5.74, 6) is 0.243. The highest BCUT2D eigenvalue weighted by Crippen LogP contribution is 2.31. The van der Waals surface area contributed by atoms with Gasteiger partial charge in [-0.1, -0.05) is 29.0 Å². The van der Waals surface area contributed by atoms with Crippen LogP contribution in [0, 0.1) is 0 Å². The molecule has 4 heteroatoms. The fourth-order valence-corrected chi connectivity index (χ4v) is 1.93. The van der Waals surface area contributed by atoms with Crippen LogP contribution in [0.25, 0.3) is 10.2 Å². The molecule has 0 saturated carbocycles. The Hall–Kier alpha value is -0.800. The molecular formula is C7H4ClNOS. The number of rotatable bonds is 0. The molecule has 0 fully saturated rings. The second kappa shape index (κ2) is 2.36. The molecular weight excluding hydrogens is 182 g/mol. The van der Waals surface area contributed by atoms with Crippen molar-refractivity contribution < 1.29 is 5.11 Å². The molecule has 1 N–H and O–H groups in total. The van der Waals surface area contributed by atoms with Gasteiger partial charge in [-0.3, -0.25) is 0 Å². The van der Waals surface area contributed by atoms with Crippen molar-refractivity contribution in [1.29, 1.82) is 0 Å². The number of phenolic OH excluding ortho intramolecular Hbond substituents is 1. The highest BCUT2D eigenvalue weighted by atomic mass is 35.5. The van der Waals surface area contributed by atoms with Gasteiger partial charge in [0.05, 0.1) is 10.2 Å². The average molecular weight is 186 g/mol. The lowest BCUT2D eigenvalue weighted by Crippen LogP contribution is -1.66. The van der Waals surface area contributed by atoms with Gasteiger partial charge in [0.2, 0.25) is 0 Å². The minimum Gasteiger partial charge on any atom is -0.506 e. The molecule has 0 spiro atoms. The zero-order chi connectivity index (χ0) is 7.84. The van der Waals surface area contributed by atoms with Crippen LogP contribution < -0.4 is 0 Å². The van der Waals surface area contributed by atoms with Crippen molar-refractivity contribution in [2.75, 3.05) is 0 Å². The van der Waals surface area contributed by atoms with Gasteiger partial charge in [0.25, 0.3) is 0 Å². The second-order valence-corrected chi connectivity index (χ2v) is 3.67. The summed E-state index contributed by atoms with van der Waals surface area (Å²) in [6.45, 7) is 0. The van der Waals surface area contributed by atoms with E-state index < -0.39 is 0 Å². The number of hydrogen-bond acceptors (Lipinski definition) is 3. The molecule has 0 unspecified atom stereocenters. The van der Waals surface area contributed by atoms with Crippen molar-refractivity contribution in [3.05, 3.63) is 22.7 Å². The maximum absolute atomic E-state index is 9.30. The maximum Gasteiger partial charge on any atom is 0.184 e. The van der Waals surface area contributed by atoms with Gasteiger partial charge in [-0.2, -0.15) is 0 Å². The standard InChI is InChI=1S/C7H4ClNOS/c8-7-9-4-2-1-3-5(10)6(4)11-7/h1-3,10H. The van der Waals surface area contributed by atoms with Gasteiger partial charge < -0.3 is 5.11 Å². The molecule has 1 aromatic heterocycles. The third kappa shape index (κ3) is 1.06. The molecule has 0 amide bonds. The first-order valence-electron chi connectivity index (χ1n) is 3.01. The number of thiazole rings is 1. The van der Waals surface area contributed by atoms with Crippen molar-refractivity contribution in [2.45, 2.75) is 0 Å². The Labute approximate surface area is 72.1 Å². The molecule has 0 radical (unpaired) electrons. The molecule has 0 atom stereocenters. The summed E-state index contributed by atoms with van der Waals surface area (Å²) in [6, 6.07) is 5.18. The molecule has 1 heterocycles. The third-order valence-electron chi connectivity index (χ3n) is 1.37. The van der Waals surface area contributed by atoms with Gasteiger partial charge in [0.15, 0.2) is 4.47 Å². The van der Waals surface area contributed by atoms with E-state index in [0.29, 0.717) is 4.47 Å². The van der Waals surface area contributed by atoms with Gasteiger partial charge in [0, 0.05) is 0 Å². The molecule has 0 aliphatic rings. The molecule has 0 aliphatic heterocycles. The lowest BCUT2D eigenvalue weighted by atomic mass is 10.3. The highest BCUT2D eigenvalue weighted by molar-refractivity contribution is 7.22. The van der Waals surface area contributed by atoms with E-state index in [-0.39, 0.29) is 5.75 Å². The zero-order valence-corrected chi connectivity index (χ0v) is 6.99. The molecule has 1 aromatic carbocycles. The fourth-order valence-electron chi connectivity index (χ4n) is 0.907. The summed E-state index contributed by atoms with van der Waals surface area (Å²) in [5.41, 5.74) is 0.750. The summed E-state index contributed by atoms with van der Waals surface area (Å²) in [5, 5.41) is 9.30. The van der Waals surface area contributed by atoms with E-state index in [1.807, 2.05) is 6.07 Å². The smallest absolute Gasteiger partial charge is 0.184 e. The van der Waals surface area contributed by atoms with Crippen molar-refractivity contribution in [1.82, 2.24) is 4.98 Å². The molecule has 0 saturated heterocycles. The molecule has 2 nitrogen and oxygen atoms in total. The first kappa shape index (κ1) is 6.88. The lowest BCUT2D eigenvalue weighted by molar-refractivity contribution is 0.482. The van der Waals surface area contributed by atoms with Crippen LogP contribution in [0.2, 0.25) is 4.47 Å². The van der Waals surface area contributed by atoms with Gasteiger partial charge in [-0.15, -0.1) is 0 Å². The predicted molar refractivity (Wildman–Crippen MR) is 46.3 cm³/mol. The number of aromatic hydroxyl groups is 1. The highest BCUT2D eigenvalue weighted by Gasteiger charge is 2.03. The number of halogens is 1. The maximum atomic E-state index is 9.30. The van der Waals surface area contributed by atoms with Gasteiger partial charge in [-0.05, 0) is 12.1 Å². The summed E-state index contributed by atoms with van der Waals surface area (Å²) in [6.07, 6.45) is 0. The van der Waals surface area contributed by atoms with E-state index >= 15 is 0 Å². The largest absolute Gasteiger partial charge is 0.506 e. The molecule has 56 valence electrons. The number of benzene rings is 1. The topological polar surface area (TPSA) is 33.1 Å². The number of aromatic nitrogens is 1. The van der Waals surface area contributed by atoms with Crippen LogP contribution >= 0.6 is 22.9 Å². The summed E-state index contributed by atoms with van der Waals surface area (Å²) >= 11 is 6.93. The normalized spacial score (nSPS) is 10.6. The lowest BCUT2D eigenvalue weighted by Gasteiger charge is -1.89. The predicted octanol–water partition coefficient (Wildman–Crippen LogP) is 2.66. The molecule has 0 bridgehead atoms. The summed E-state index contributed by atoms with van der Waals surface area (Å²) < 4.78 is 1.21. The van der Waals surface area contributed by atoms with Gasteiger partial charge in [-0.25, -0.2) is 4.98 Å². The molecule has 2 aromatic rings. The summed E-state index contributed by atoms with van der Waals surface area (Å²) in [4.78, 5) is 4.00. The van der Waals surface area contributed by atoms with E-state index in [9.17, 15) is 5.11 Å². The van der Waals surface area contributed by atoms with Crippen LogP contribution in [0.15, 0.2) is 18.2 Å². The van der Waals surface area contributed by atoms with Crippen molar-refractivity contribution >= 4 is 33.2 Å². The van der Waals surface area contributed by atoms with E-state index in [4.69, 9.17) is 11.6 Å².